The smallest absolute Gasteiger partial charge is 0.306 e. The molecule has 0 aromatic rings. The van der Waals surface area contributed by atoms with Gasteiger partial charge in [-0.3, -0.25) is 9.59 Å². The summed E-state index contributed by atoms with van der Waals surface area (Å²) in [5, 5.41) is 0. The average molecular weight is 415 g/mol. The van der Waals surface area contributed by atoms with Crippen molar-refractivity contribution in [2.24, 2.45) is 34.5 Å². The Kier molecular flexibility index (Phi) is 4.69. The maximum atomic E-state index is 11.9. The van der Waals surface area contributed by atoms with Crippen LogP contribution in [0.4, 0.5) is 0 Å². The molecule has 8 atom stereocenters. The minimum Gasteiger partial charge on any atom is -0.462 e. The largest absolute Gasteiger partial charge is 0.462 e. The molecule has 30 heavy (non-hydrogen) atoms. The summed E-state index contributed by atoms with van der Waals surface area (Å²) in [5.74, 6) is 2.57. The summed E-state index contributed by atoms with van der Waals surface area (Å²) < 4.78 is 11.5. The highest BCUT2D eigenvalue weighted by atomic mass is 16.6. The molecule has 4 fully saturated rings. The van der Waals surface area contributed by atoms with Gasteiger partial charge in [0.2, 0.25) is 0 Å². The Hall–Kier alpha value is -1.32. The van der Waals surface area contributed by atoms with Crippen LogP contribution in [0.25, 0.3) is 0 Å². The lowest BCUT2D eigenvalue weighted by Crippen LogP contribution is -2.53. The summed E-state index contributed by atoms with van der Waals surface area (Å²) >= 11 is 0. The molecule has 0 N–H and O–H groups in total. The standard InChI is InChI=1S/C26H38O4/c1-16(27)29-18-9-12-24(2)17(15-18)5-6-19-20-7-8-22(25(20,3)13-10-21(19)24)26(4)14-11-23(28)30-26/h5,18-22H,6-15H2,1-4H3/t18-,19+,20+,21+,22+,24-,25-,26-/m0/s1. The van der Waals surface area contributed by atoms with Crippen LogP contribution in [0, 0.1) is 34.5 Å². The molecule has 0 aromatic heterocycles. The predicted molar refractivity (Wildman–Crippen MR) is 114 cm³/mol. The molecule has 4 nitrogen and oxygen atoms in total. The van der Waals surface area contributed by atoms with Crippen molar-refractivity contribution in [2.45, 2.75) is 104 Å². The monoisotopic (exact) mass is 414 g/mol. The van der Waals surface area contributed by atoms with Gasteiger partial charge >= 0.3 is 11.9 Å². The van der Waals surface area contributed by atoms with Crippen molar-refractivity contribution in [3.05, 3.63) is 11.6 Å². The first-order chi connectivity index (χ1) is 14.2. The summed E-state index contributed by atoms with van der Waals surface area (Å²) in [6.07, 6.45) is 13.3. The lowest BCUT2D eigenvalue weighted by molar-refractivity contribution is -0.159. The summed E-state index contributed by atoms with van der Waals surface area (Å²) in [7, 11) is 0. The average Bonchev–Trinajstić information content (AvgIpc) is 3.21. The van der Waals surface area contributed by atoms with Crippen LogP contribution in [0.1, 0.15) is 91.9 Å². The Bertz CT molecular complexity index is 786. The third-order valence-electron chi connectivity index (χ3n) is 10.3. The highest BCUT2D eigenvalue weighted by Gasteiger charge is 2.63. The summed E-state index contributed by atoms with van der Waals surface area (Å²) in [5.41, 5.74) is 1.85. The first-order valence-corrected chi connectivity index (χ1v) is 12.2. The second-order valence-corrected chi connectivity index (χ2v) is 11.7. The molecular weight excluding hydrogens is 376 g/mol. The van der Waals surface area contributed by atoms with E-state index >= 15 is 0 Å². The second-order valence-electron chi connectivity index (χ2n) is 11.7. The molecule has 0 bridgehead atoms. The van der Waals surface area contributed by atoms with Crippen LogP contribution < -0.4 is 0 Å². The number of carbonyl (C=O) groups excluding carboxylic acids is 2. The molecule has 0 amide bonds. The number of esters is 2. The van der Waals surface area contributed by atoms with E-state index < -0.39 is 0 Å². The Labute approximate surface area is 181 Å². The van der Waals surface area contributed by atoms with Gasteiger partial charge in [-0.2, -0.15) is 0 Å². The van der Waals surface area contributed by atoms with E-state index in [9.17, 15) is 9.59 Å². The number of cyclic esters (lactones) is 1. The molecule has 1 heterocycles. The zero-order valence-corrected chi connectivity index (χ0v) is 19.2. The number of hydrogen-bond acceptors (Lipinski definition) is 4. The van der Waals surface area contributed by atoms with Crippen molar-refractivity contribution < 1.29 is 19.1 Å². The van der Waals surface area contributed by atoms with Crippen LogP contribution in [0.5, 0.6) is 0 Å². The summed E-state index contributed by atoms with van der Waals surface area (Å²) in [6.45, 7) is 8.75. The molecule has 1 saturated heterocycles. The minimum atomic E-state index is -0.255. The zero-order chi connectivity index (χ0) is 21.3. The van der Waals surface area contributed by atoms with Gasteiger partial charge in [-0.05, 0) is 86.9 Å². The molecule has 5 rings (SSSR count). The topological polar surface area (TPSA) is 52.6 Å². The van der Waals surface area contributed by atoms with Crippen LogP contribution in [0.3, 0.4) is 0 Å². The lowest BCUT2D eigenvalue weighted by Gasteiger charge is -2.59. The van der Waals surface area contributed by atoms with Crippen molar-refractivity contribution in [1.82, 2.24) is 0 Å². The minimum absolute atomic E-state index is 0.000489. The highest BCUT2D eigenvalue weighted by Crippen LogP contribution is 2.68. The van der Waals surface area contributed by atoms with E-state index in [0.717, 1.165) is 43.4 Å². The Balaban J connectivity index is 1.39. The zero-order valence-electron chi connectivity index (χ0n) is 19.2. The molecule has 0 aromatic carbocycles. The van der Waals surface area contributed by atoms with E-state index in [-0.39, 0.29) is 34.5 Å². The molecule has 166 valence electrons. The normalized spacial score (nSPS) is 50.1. The number of fused-ring (bicyclic) bond motifs is 5. The first-order valence-electron chi connectivity index (χ1n) is 12.2. The van der Waals surface area contributed by atoms with Crippen molar-refractivity contribution in [3.63, 3.8) is 0 Å². The van der Waals surface area contributed by atoms with Crippen molar-refractivity contribution in [1.29, 1.82) is 0 Å². The molecule has 0 unspecified atom stereocenters. The van der Waals surface area contributed by atoms with Gasteiger partial charge in [0.15, 0.2) is 0 Å². The Morgan fingerprint density at radius 1 is 1.07 bits per heavy atom. The number of hydrogen-bond donors (Lipinski definition) is 0. The van der Waals surface area contributed by atoms with Crippen LogP contribution in [0.2, 0.25) is 0 Å². The van der Waals surface area contributed by atoms with E-state index in [4.69, 9.17) is 9.47 Å². The van der Waals surface area contributed by atoms with Crippen molar-refractivity contribution >= 4 is 11.9 Å². The van der Waals surface area contributed by atoms with Crippen LogP contribution >= 0.6 is 0 Å². The quantitative estimate of drug-likeness (QED) is 0.436. The molecule has 4 aliphatic carbocycles. The van der Waals surface area contributed by atoms with Gasteiger partial charge in [0.05, 0.1) is 0 Å². The number of ether oxygens (including phenoxy) is 2. The molecule has 4 heteroatoms. The van der Waals surface area contributed by atoms with E-state index in [2.05, 4.69) is 26.8 Å². The maximum Gasteiger partial charge on any atom is 0.306 e. The SMILES string of the molecule is CC(=O)O[C@H]1CC[C@@]2(C)C(=CC[C@@H]3[C@H]4CC[C@@H]([C@]5(C)CCC(=O)O5)[C@@]4(C)CC[C@H]32)C1. The van der Waals surface area contributed by atoms with E-state index in [1.807, 2.05) is 0 Å². The van der Waals surface area contributed by atoms with Gasteiger partial charge in [0.1, 0.15) is 11.7 Å². The van der Waals surface area contributed by atoms with Gasteiger partial charge in [-0.25, -0.2) is 0 Å². The van der Waals surface area contributed by atoms with E-state index in [1.54, 1.807) is 5.57 Å². The summed E-state index contributed by atoms with van der Waals surface area (Å²) in [4.78, 5) is 23.4. The predicted octanol–water partition coefficient (Wildman–Crippen LogP) is 5.59. The van der Waals surface area contributed by atoms with Gasteiger partial charge in [-0.15, -0.1) is 0 Å². The Morgan fingerprint density at radius 2 is 1.87 bits per heavy atom. The van der Waals surface area contributed by atoms with E-state index in [1.165, 1.54) is 39.0 Å². The number of allylic oxidation sites excluding steroid dienone is 1. The van der Waals surface area contributed by atoms with Gasteiger partial charge in [0, 0.05) is 25.7 Å². The van der Waals surface area contributed by atoms with Crippen LogP contribution in [0.15, 0.2) is 11.6 Å². The number of rotatable bonds is 2. The molecule has 0 spiro atoms. The van der Waals surface area contributed by atoms with Crippen LogP contribution in [-0.2, 0) is 19.1 Å². The second kappa shape index (κ2) is 6.84. The Morgan fingerprint density at radius 3 is 2.57 bits per heavy atom. The molecule has 3 saturated carbocycles. The summed E-state index contributed by atoms with van der Waals surface area (Å²) in [6, 6.07) is 0. The molecule has 5 aliphatic rings. The van der Waals surface area contributed by atoms with Gasteiger partial charge in [-0.1, -0.05) is 25.5 Å². The lowest BCUT2D eigenvalue weighted by atomic mass is 9.46. The first kappa shape index (κ1) is 20.6. The fourth-order valence-electron chi connectivity index (χ4n) is 8.92. The van der Waals surface area contributed by atoms with Crippen molar-refractivity contribution in [3.8, 4) is 0 Å². The van der Waals surface area contributed by atoms with Crippen LogP contribution in [-0.4, -0.2) is 23.6 Å². The third kappa shape index (κ3) is 2.92. The third-order valence-corrected chi connectivity index (χ3v) is 10.3. The van der Waals surface area contributed by atoms with E-state index in [0.29, 0.717) is 12.3 Å². The molecular formula is C26H38O4. The van der Waals surface area contributed by atoms with Gasteiger partial charge < -0.3 is 9.47 Å². The highest BCUT2D eigenvalue weighted by molar-refractivity contribution is 5.72. The van der Waals surface area contributed by atoms with Crippen molar-refractivity contribution in [2.75, 3.05) is 0 Å². The fourth-order valence-corrected chi connectivity index (χ4v) is 8.92. The van der Waals surface area contributed by atoms with Gasteiger partial charge in [0.25, 0.3) is 0 Å². The maximum absolute atomic E-state index is 11.9. The fraction of sp³-hybridized carbons (Fsp3) is 0.846. The molecule has 1 aliphatic heterocycles. The molecule has 0 radical (unpaired) electrons. The number of carbonyl (C=O) groups is 2.